The number of hydrazine groups is 1. The maximum absolute atomic E-state index is 11.5. The van der Waals surface area contributed by atoms with Crippen molar-refractivity contribution in [2.45, 2.75) is 52.2 Å². The highest BCUT2D eigenvalue weighted by Crippen LogP contribution is 2.26. The minimum Gasteiger partial charge on any atom is -0.463 e. The zero-order chi connectivity index (χ0) is 13.8. The van der Waals surface area contributed by atoms with E-state index in [1.54, 1.807) is 13.0 Å². The highest BCUT2D eigenvalue weighted by Gasteiger charge is 2.20. The predicted molar refractivity (Wildman–Crippen MR) is 71.3 cm³/mol. The van der Waals surface area contributed by atoms with E-state index in [4.69, 9.17) is 15.0 Å². The fraction of sp³-hybridized carbons (Fsp3) is 0.643. The molecule has 0 aliphatic heterocycles. The number of aryl methyl sites for hydroxylation is 1. The van der Waals surface area contributed by atoms with Crippen molar-refractivity contribution in [2.75, 3.05) is 0 Å². The highest BCUT2D eigenvalue weighted by molar-refractivity contribution is 5.94. The molecule has 0 radical (unpaired) electrons. The summed E-state index contributed by atoms with van der Waals surface area (Å²) in [5, 5.41) is 0. The lowest BCUT2D eigenvalue weighted by atomic mass is 9.89. The van der Waals surface area contributed by atoms with Gasteiger partial charge in [-0.15, -0.1) is 0 Å². The minimum absolute atomic E-state index is 0.306. The first-order valence-corrected chi connectivity index (χ1v) is 6.82. The highest BCUT2D eigenvalue weighted by atomic mass is 16.5. The standard InChI is InChI=1S/C14H22N2O3/c1-9-4-3-5-11(6-9)18-8-12-7-13(10(2)19-12)14(17)16-15/h7,9,11H,3-6,8,15H2,1-2H3,(H,16,17). The number of nitrogens with two attached hydrogens (primary N) is 1. The number of nitrogen functional groups attached to an aromatic ring is 1. The summed E-state index contributed by atoms with van der Waals surface area (Å²) < 4.78 is 11.4. The number of hydrogen-bond donors (Lipinski definition) is 2. The Balaban J connectivity index is 1.91. The molecule has 2 unspecified atom stereocenters. The van der Waals surface area contributed by atoms with Gasteiger partial charge in [-0.3, -0.25) is 10.2 Å². The molecule has 0 bridgehead atoms. The molecule has 1 aliphatic rings. The van der Waals surface area contributed by atoms with Gasteiger partial charge >= 0.3 is 0 Å². The SMILES string of the molecule is Cc1oc(COC2CCCC(C)C2)cc1C(=O)NN. The molecular formula is C14H22N2O3. The molecule has 1 aromatic rings. The Labute approximate surface area is 113 Å². The quantitative estimate of drug-likeness (QED) is 0.498. The first-order chi connectivity index (χ1) is 9.10. The van der Waals surface area contributed by atoms with Crippen LogP contribution >= 0.6 is 0 Å². The predicted octanol–water partition coefficient (Wildman–Crippen LogP) is 2.29. The molecule has 19 heavy (non-hydrogen) atoms. The van der Waals surface area contributed by atoms with Crippen LogP contribution in [0.3, 0.4) is 0 Å². The minimum atomic E-state index is -0.334. The molecule has 1 heterocycles. The molecule has 1 aliphatic carbocycles. The Hall–Kier alpha value is -1.33. The van der Waals surface area contributed by atoms with Crippen LogP contribution in [0.2, 0.25) is 0 Å². The number of hydrogen-bond acceptors (Lipinski definition) is 4. The molecule has 2 atom stereocenters. The van der Waals surface area contributed by atoms with E-state index in [1.807, 2.05) is 0 Å². The number of ether oxygens (including phenoxy) is 1. The van der Waals surface area contributed by atoms with E-state index in [0.717, 1.165) is 18.8 Å². The summed E-state index contributed by atoms with van der Waals surface area (Å²) in [5.41, 5.74) is 2.58. The van der Waals surface area contributed by atoms with Gasteiger partial charge in [0.05, 0.1) is 11.7 Å². The molecule has 0 spiro atoms. The van der Waals surface area contributed by atoms with Crippen LogP contribution in [0.15, 0.2) is 10.5 Å². The summed E-state index contributed by atoms with van der Waals surface area (Å²) in [6.45, 7) is 4.42. The summed E-state index contributed by atoms with van der Waals surface area (Å²) in [6, 6.07) is 1.70. The van der Waals surface area contributed by atoms with Gasteiger partial charge in [0.25, 0.3) is 5.91 Å². The van der Waals surface area contributed by atoms with Crippen molar-refractivity contribution < 1.29 is 13.9 Å². The summed E-state index contributed by atoms with van der Waals surface area (Å²) in [4.78, 5) is 11.5. The fourth-order valence-electron chi connectivity index (χ4n) is 2.65. The van der Waals surface area contributed by atoms with Crippen LogP contribution in [0.1, 0.15) is 54.5 Å². The molecular weight excluding hydrogens is 244 g/mol. The zero-order valence-electron chi connectivity index (χ0n) is 11.6. The molecule has 106 valence electrons. The third-order valence-corrected chi connectivity index (χ3v) is 3.69. The Kier molecular flexibility index (Phi) is 4.61. The van der Waals surface area contributed by atoms with Gasteiger partial charge < -0.3 is 9.15 Å². The van der Waals surface area contributed by atoms with Gasteiger partial charge in [-0.2, -0.15) is 0 Å². The first kappa shape index (κ1) is 14.1. The number of carbonyl (C=O) groups is 1. The van der Waals surface area contributed by atoms with E-state index in [0.29, 0.717) is 29.8 Å². The van der Waals surface area contributed by atoms with Gasteiger partial charge in [0.1, 0.15) is 18.1 Å². The molecule has 1 fully saturated rings. The molecule has 0 aromatic carbocycles. The molecule has 2 rings (SSSR count). The smallest absolute Gasteiger partial charge is 0.268 e. The maximum atomic E-state index is 11.5. The van der Waals surface area contributed by atoms with Crippen LogP contribution in [-0.4, -0.2) is 12.0 Å². The second-order valence-electron chi connectivity index (χ2n) is 5.36. The lowest BCUT2D eigenvalue weighted by Crippen LogP contribution is -2.30. The number of amides is 1. The third kappa shape index (κ3) is 3.58. The van der Waals surface area contributed by atoms with Crippen molar-refractivity contribution in [3.63, 3.8) is 0 Å². The third-order valence-electron chi connectivity index (χ3n) is 3.69. The van der Waals surface area contributed by atoms with Crippen LogP contribution < -0.4 is 11.3 Å². The molecule has 1 aromatic heterocycles. The van der Waals surface area contributed by atoms with Gasteiger partial charge in [0.2, 0.25) is 0 Å². The number of carbonyl (C=O) groups excluding carboxylic acids is 1. The summed E-state index contributed by atoms with van der Waals surface area (Å²) >= 11 is 0. The van der Waals surface area contributed by atoms with Crippen molar-refractivity contribution >= 4 is 5.91 Å². The summed E-state index contributed by atoms with van der Waals surface area (Å²) in [6.07, 6.45) is 5.04. The van der Waals surface area contributed by atoms with E-state index in [1.165, 1.54) is 12.8 Å². The molecule has 3 N–H and O–H groups in total. The van der Waals surface area contributed by atoms with E-state index in [-0.39, 0.29) is 5.91 Å². The van der Waals surface area contributed by atoms with Crippen LogP contribution in [0.25, 0.3) is 0 Å². The lowest BCUT2D eigenvalue weighted by Gasteiger charge is -2.26. The molecule has 1 amide bonds. The van der Waals surface area contributed by atoms with Gasteiger partial charge in [0.15, 0.2) is 0 Å². The second kappa shape index (κ2) is 6.21. The van der Waals surface area contributed by atoms with Crippen LogP contribution in [-0.2, 0) is 11.3 Å². The van der Waals surface area contributed by atoms with Crippen molar-refractivity contribution in [2.24, 2.45) is 11.8 Å². The Morgan fingerprint density at radius 2 is 2.37 bits per heavy atom. The lowest BCUT2D eigenvalue weighted by molar-refractivity contribution is -0.00287. The largest absolute Gasteiger partial charge is 0.463 e. The van der Waals surface area contributed by atoms with E-state index >= 15 is 0 Å². The van der Waals surface area contributed by atoms with Crippen molar-refractivity contribution in [1.82, 2.24) is 5.43 Å². The van der Waals surface area contributed by atoms with E-state index < -0.39 is 0 Å². The monoisotopic (exact) mass is 266 g/mol. The topological polar surface area (TPSA) is 77.5 Å². The van der Waals surface area contributed by atoms with Crippen LogP contribution in [0.5, 0.6) is 0 Å². The van der Waals surface area contributed by atoms with Crippen molar-refractivity contribution in [3.8, 4) is 0 Å². The Morgan fingerprint density at radius 3 is 3.05 bits per heavy atom. The first-order valence-electron chi connectivity index (χ1n) is 6.82. The van der Waals surface area contributed by atoms with Crippen LogP contribution in [0.4, 0.5) is 0 Å². The van der Waals surface area contributed by atoms with E-state index in [9.17, 15) is 4.79 Å². The normalized spacial score (nSPS) is 23.3. The Bertz CT molecular complexity index is 442. The fourth-order valence-corrected chi connectivity index (χ4v) is 2.65. The van der Waals surface area contributed by atoms with Gasteiger partial charge in [-0.05, 0) is 31.7 Å². The Morgan fingerprint density at radius 1 is 1.58 bits per heavy atom. The van der Waals surface area contributed by atoms with Gasteiger partial charge in [0, 0.05) is 0 Å². The zero-order valence-corrected chi connectivity index (χ0v) is 11.6. The van der Waals surface area contributed by atoms with Crippen LogP contribution in [0, 0.1) is 12.8 Å². The molecule has 1 saturated carbocycles. The van der Waals surface area contributed by atoms with Crippen molar-refractivity contribution in [1.29, 1.82) is 0 Å². The average Bonchev–Trinajstić information content (AvgIpc) is 2.77. The maximum Gasteiger partial charge on any atom is 0.268 e. The molecule has 5 nitrogen and oxygen atoms in total. The molecule has 5 heteroatoms. The van der Waals surface area contributed by atoms with Crippen molar-refractivity contribution in [3.05, 3.63) is 23.2 Å². The number of nitrogens with one attached hydrogen (secondary N) is 1. The van der Waals surface area contributed by atoms with E-state index in [2.05, 4.69) is 12.3 Å². The summed E-state index contributed by atoms with van der Waals surface area (Å²) in [5.74, 6) is 6.76. The number of furan rings is 1. The second-order valence-corrected chi connectivity index (χ2v) is 5.36. The molecule has 0 saturated heterocycles. The number of rotatable bonds is 4. The van der Waals surface area contributed by atoms with Gasteiger partial charge in [-0.25, -0.2) is 5.84 Å². The van der Waals surface area contributed by atoms with Gasteiger partial charge in [-0.1, -0.05) is 19.8 Å². The summed E-state index contributed by atoms with van der Waals surface area (Å²) in [7, 11) is 0. The average molecular weight is 266 g/mol.